The Kier molecular flexibility index (Phi) is 4.22. The molecule has 0 heterocycles. The smallest absolute Gasteiger partial charge is 0.111 e. The molecule has 0 radical (unpaired) electrons. The lowest BCUT2D eigenvalue weighted by Gasteiger charge is -2.35. The van der Waals surface area contributed by atoms with E-state index < -0.39 is 5.54 Å². The molecule has 2 N–H and O–H groups in total. The van der Waals surface area contributed by atoms with Crippen molar-refractivity contribution in [3.8, 4) is 0 Å². The Balaban J connectivity index is 2.13. The van der Waals surface area contributed by atoms with Crippen LogP contribution in [0.2, 0.25) is 0 Å². The van der Waals surface area contributed by atoms with Crippen LogP contribution in [0.3, 0.4) is 0 Å². The van der Waals surface area contributed by atoms with Crippen LogP contribution >= 0.6 is 0 Å². The first kappa shape index (κ1) is 14.4. The highest BCUT2D eigenvalue weighted by molar-refractivity contribution is 5.53. The first-order valence-corrected chi connectivity index (χ1v) is 7.40. The van der Waals surface area contributed by atoms with Gasteiger partial charge in [-0.1, -0.05) is 78.9 Å². The van der Waals surface area contributed by atoms with Gasteiger partial charge in [-0.25, -0.2) is 0 Å². The molecular formula is C20H19NO. The Hall–Kier alpha value is -2.58. The molecule has 2 nitrogen and oxygen atoms in total. The van der Waals surface area contributed by atoms with Crippen molar-refractivity contribution in [2.24, 2.45) is 0 Å². The summed E-state index contributed by atoms with van der Waals surface area (Å²) < 4.78 is 0. The lowest BCUT2D eigenvalue weighted by Crippen LogP contribution is -2.40. The molecule has 0 unspecified atom stereocenters. The van der Waals surface area contributed by atoms with Crippen LogP contribution in [0.15, 0.2) is 91.0 Å². The van der Waals surface area contributed by atoms with Gasteiger partial charge in [-0.15, -0.1) is 0 Å². The van der Waals surface area contributed by atoms with Crippen LogP contribution in [0.25, 0.3) is 0 Å². The number of para-hydroxylation sites is 1. The van der Waals surface area contributed by atoms with Crippen molar-refractivity contribution >= 4 is 5.69 Å². The quantitative estimate of drug-likeness (QED) is 0.743. The predicted octanol–water partition coefficient (Wildman–Crippen LogP) is 4.03. The van der Waals surface area contributed by atoms with Crippen LogP contribution in [0, 0.1) is 0 Å². The largest absolute Gasteiger partial charge is 0.393 e. The Bertz CT molecular complexity index is 656. The van der Waals surface area contributed by atoms with Gasteiger partial charge in [0, 0.05) is 5.69 Å². The number of hydrogen-bond acceptors (Lipinski definition) is 2. The second-order valence-corrected chi connectivity index (χ2v) is 5.29. The molecule has 0 fully saturated rings. The molecule has 0 amide bonds. The Morgan fingerprint density at radius 2 is 1.05 bits per heavy atom. The zero-order valence-electron chi connectivity index (χ0n) is 12.3. The van der Waals surface area contributed by atoms with Crippen molar-refractivity contribution in [2.45, 2.75) is 5.54 Å². The van der Waals surface area contributed by atoms with Crippen LogP contribution in [0.5, 0.6) is 0 Å². The van der Waals surface area contributed by atoms with Crippen molar-refractivity contribution in [3.05, 3.63) is 102 Å². The Labute approximate surface area is 131 Å². The summed E-state index contributed by atoms with van der Waals surface area (Å²) in [6.07, 6.45) is 0. The summed E-state index contributed by atoms with van der Waals surface area (Å²) in [4.78, 5) is 0. The molecule has 3 rings (SSSR count). The van der Waals surface area contributed by atoms with Crippen molar-refractivity contribution < 1.29 is 5.11 Å². The summed E-state index contributed by atoms with van der Waals surface area (Å²) in [7, 11) is 0. The third-order valence-electron chi connectivity index (χ3n) is 3.90. The molecule has 3 aromatic carbocycles. The van der Waals surface area contributed by atoms with Crippen LogP contribution < -0.4 is 5.32 Å². The van der Waals surface area contributed by atoms with E-state index in [1.165, 1.54) is 0 Å². The van der Waals surface area contributed by atoms with Crippen LogP contribution in [-0.2, 0) is 5.54 Å². The van der Waals surface area contributed by atoms with E-state index in [4.69, 9.17) is 0 Å². The fraction of sp³-hybridized carbons (Fsp3) is 0.100. The maximum atomic E-state index is 10.3. The van der Waals surface area contributed by atoms with E-state index in [0.717, 1.165) is 16.8 Å². The third-order valence-corrected chi connectivity index (χ3v) is 3.90. The number of anilines is 1. The summed E-state index contributed by atoms with van der Waals surface area (Å²) in [6.45, 7) is -0.0318. The van der Waals surface area contributed by atoms with Gasteiger partial charge in [0.2, 0.25) is 0 Å². The Morgan fingerprint density at radius 3 is 1.45 bits per heavy atom. The number of nitrogens with one attached hydrogen (secondary N) is 1. The van der Waals surface area contributed by atoms with Crippen LogP contribution in [-0.4, -0.2) is 11.7 Å². The van der Waals surface area contributed by atoms with Crippen LogP contribution in [0.4, 0.5) is 5.69 Å². The van der Waals surface area contributed by atoms with E-state index in [0.29, 0.717) is 0 Å². The second-order valence-electron chi connectivity index (χ2n) is 5.29. The molecule has 3 aromatic rings. The SMILES string of the molecule is OCC(Nc1ccccc1)(c1ccccc1)c1ccccc1. The molecule has 110 valence electrons. The minimum Gasteiger partial charge on any atom is -0.393 e. The summed E-state index contributed by atoms with van der Waals surface area (Å²) in [5.41, 5.74) is 2.38. The van der Waals surface area contributed by atoms with Gasteiger partial charge in [0.15, 0.2) is 0 Å². The highest BCUT2D eigenvalue weighted by atomic mass is 16.3. The van der Waals surface area contributed by atoms with Gasteiger partial charge in [-0.05, 0) is 23.3 Å². The fourth-order valence-corrected chi connectivity index (χ4v) is 2.75. The van der Waals surface area contributed by atoms with Gasteiger partial charge < -0.3 is 10.4 Å². The average molecular weight is 289 g/mol. The zero-order chi connectivity index (χ0) is 15.3. The lowest BCUT2D eigenvalue weighted by molar-refractivity contribution is 0.236. The third kappa shape index (κ3) is 2.74. The van der Waals surface area contributed by atoms with E-state index in [1.807, 2.05) is 91.0 Å². The second kappa shape index (κ2) is 6.46. The molecule has 0 saturated carbocycles. The first-order chi connectivity index (χ1) is 10.8. The van der Waals surface area contributed by atoms with Crippen molar-refractivity contribution in [3.63, 3.8) is 0 Å². The summed E-state index contributed by atoms with van der Waals surface area (Å²) in [6, 6.07) is 30.1. The van der Waals surface area contributed by atoms with Crippen molar-refractivity contribution in [2.75, 3.05) is 11.9 Å². The number of rotatable bonds is 5. The molecule has 0 bridgehead atoms. The standard InChI is InChI=1S/C20H19NO/c22-16-20(17-10-4-1-5-11-17,18-12-6-2-7-13-18)21-19-14-8-3-9-15-19/h1-15,21-22H,16H2. The number of hydrogen-bond donors (Lipinski definition) is 2. The zero-order valence-corrected chi connectivity index (χ0v) is 12.3. The lowest BCUT2D eigenvalue weighted by atomic mass is 9.83. The molecule has 0 aromatic heterocycles. The van der Waals surface area contributed by atoms with Gasteiger partial charge in [-0.3, -0.25) is 0 Å². The van der Waals surface area contributed by atoms with Crippen molar-refractivity contribution in [1.29, 1.82) is 0 Å². The van der Waals surface area contributed by atoms with E-state index in [9.17, 15) is 5.11 Å². The first-order valence-electron chi connectivity index (χ1n) is 7.40. The van der Waals surface area contributed by atoms with E-state index in [2.05, 4.69) is 5.32 Å². The molecule has 22 heavy (non-hydrogen) atoms. The number of aliphatic hydroxyl groups is 1. The van der Waals surface area contributed by atoms with Gasteiger partial charge in [-0.2, -0.15) is 0 Å². The van der Waals surface area contributed by atoms with E-state index in [-0.39, 0.29) is 6.61 Å². The maximum Gasteiger partial charge on any atom is 0.111 e. The number of benzene rings is 3. The van der Waals surface area contributed by atoms with Gasteiger partial charge in [0.05, 0.1) is 6.61 Å². The fourth-order valence-electron chi connectivity index (χ4n) is 2.75. The Morgan fingerprint density at radius 1 is 0.636 bits per heavy atom. The van der Waals surface area contributed by atoms with E-state index >= 15 is 0 Å². The summed E-state index contributed by atoms with van der Waals surface area (Å²) in [5, 5.41) is 13.8. The topological polar surface area (TPSA) is 32.3 Å². The van der Waals surface area contributed by atoms with Crippen LogP contribution in [0.1, 0.15) is 11.1 Å². The monoisotopic (exact) mass is 289 g/mol. The minimum absolute atomic E-state index is 0.0318. The normalized spacial score (nSPS) is 11.1. The number of aliphatic hydroxyl groups excluding tert-OH is 1. The summed E-state index contributed by atoms with van der Waals surface area (Å²) >= 11 is 0. The van der Waals surface area contributed by atoms with Crippen molar-refractivity contribution in [1.82, 2.24) is 0 Å². The molecule has 0 spiro atoms. The highest BCUT2D eigenvalue weighted by Crippen LogP contribution is 2.33. The molecule has 0 saturated heterocycles. The van der Waals surface area contributed by atoms with Gasteiger partial charge >= 0.3 is 0 Å². The molecular weight excluding hydrogens is 270 g/mol. The van der Waals surface area contributed by atoms with E-state index in [1.54, 1.807) is 0 Å². The molecule has 0 atom stereocenters. The predicted molar refractivity (Wildman–Crippen MR) is 90.8 cm³/mol. The average Bonchev–Trinajstić information content (AvgIpc) is 2.62. The molecule has 0 aliphatic carbocycles. The minimum atomic E-state index is -0.663. The maximum absolute atomic E-state index is 10.3. The highest BCUT2D eigenvalue weighted by Gasteiger charge is 2.33. The molecule has 0 aliphatic heterocycles. The molecule has 0 aliphatic rings. The van der Waals surface area contributed by atoms with Gasteiger partial charge in [0.1, 0.15) is 5.54 Å². The van der Waals surface area contributed by atoms with Gasteiger partial charge in [0.25, 0.3) is 0 Å². The molecule has 2 heteroatoms. The summed E-state index contributed by atoms with van der Waals surface area (Å²) in [5.74, 6) is 0.